The minimum atomic E-state index is -4.07. The molecule has 0 aliphatic carbocycles. The topological polar surface area (TPSA) is 117 Å². The van der Waals surface area contributed by atoms with E-state index >= 15 is 0 Å². The van der Waals surface area contributed by atoms with Gasteiger partial charge in [-0.05, 0) is 50.1 Å². The third-order valence-corrected chi connectivity index (χ3v) is 5.47. The largest absolute Gasteiger partial charge is 0.497 e. The SMILES string of the molecule is CCOc1ccc(CCNS(=O)(=O)c2ccc(OC)cc2[N+](=O)[O-])cc1OCC. The van der Waals surface area contributed by atoms with E-state index in [1.807, 2.05) is 19.9 Å². The van der Waals surface area contributed by atoms with Crippen LogP contribution in [0.3, 0.4) is 0 Å². The monoisotopic (exact) mass is 424 g/mol. The molecule has 0 aliphatic rings. The first-order chi connectivity index (χ1) is 13.8. The van der Waals surface area contributed by atoms with Crippen molar-refractivity contribution in [3.05, 3.63) is 52.1 Å². The Morgan fingerprint density at radius 1 is 1.03 bits per heavy atom. The Kier molecular flexibility index (Phi) is 7.80. The fraction of sp³-hybridized carbons (Fsp3) is 0.368. The fourth-order valence-corrected chi connectivity index (χ4v) is 3.83. The number of benzene rings is 2. The van der Waals surface area contributed by atoms with Crippen LogP contribution in [-0.2, 0) is 16.4 Å². The predicted molar refractivity (Wildman–Crippen MR) is 107 cm³/mol. The lowest BCUT2D eigenvalue weighted by molar-refractivity contribution is -0.387. The Bertz CT molecular complexity index is 961. The molecule has 158 valence electrons. The summed E-state index contributed by atoms with van der Waals surface area (Å²) in [4.78, 5) is 10.1. The van der Waals surface area contributed by atoms with Gasteiger partial charge in [0.1, 0.15) is 5.75 Å². The van der Waals surface area contributed by atoms with Crippen LogP contribution in [0, 0.1) is 10.1 Å². The molecule has 0 amide bonds. The van der Waals surface area contributed by atoms with E-state index in [0.29, 0.717) is 31.1 Å². The third-order valence-electron chi connectivity index (χ3n) is 3.97. The van der Waals surface area contributed by atoms with Crippen molar-refractivity contribution in [2.45, 2.75) is 25.2 Å². The molecule has 0 aromatic heterocycles. The highest BCUT2D eigenvalue weighted by Gasteiger charge is 2.26. The zero-order chi connectivity index (χ0) is 21.4. The van der Waals surface area contributed by atoms with Gasteiger partial charge in [-0.3, -0.25) is 10.1 Å². The van der Waals surface area contributed by atoms with Crippen molar-refractivity contribution in [2.75, 3.05) is 26.9 Å². The molecule has 0 unspecified atom stereocenters. The van der Waals surface area contributed by atoms with Gasteiger partial charge in [0.2, 0.25) is 10.0 Å². The van der Waals surface area contributed by atoms with E-state index in [-0.39, 0.29) is 12.3 Å². The molecule has 2 aromatic carbocycles. The molecule has 0 bridgehead atoms. The standard InChI is InChI=1S/C19H24N2O7S/c1-4-27-17-8-6-14(12-18(17)28-5-2)10-11-20-29(24,25)19-9-7-15(26-3)13-16(19)21(22)23/h6-9,12-13,20H,4-5,10-11H2,1-3H3. The predicted octanol–water partition coefficient (Wildman–Crippen LogP) is 2.92. The zero-order valence-corrected chi connectivity index (χ0v) is 17.3. The highest BCUT2D eigenvalue weighted by molar-refractivity contribution is 7.89. The summed E-state index contributed by atoms with van der Waals surface area (Å²) in [5, 5.41) is 11.2. The van der Waals surface area contributed by atoms with E-state index in [9.17, 15) is 18.5 Å². The van der Waals surface area contributed by atoms with E-state index in [4.69, 9.17) is 14.2 Å². The Hall–Kier alpha value is -2.85. The summed E-state index contributed by atoms with van der Waals surface area (Å²) in [6.07, 6.45) is 0.371. The van der Waals surface area contributed by atoms with Crippen LogP contribution in [0.15, 0.2) is 41.3 Å². The molecular weight excluding hydrogens is 400 g/mol. The van der Waals surface area contributed by atoms with Crippen LogP contribution in [0.2, 0.25) is 0 Å². The van der Waals surface area contributed by atoms with Gasteiger partial charge in [-0.1, -0.05) is 6.07 Å². The molecule has 0 saturated carbocycles. The first-order valence-electron chi connectivity index (χ1n) is 9.03. The second kappa shape index (κ2) is 10.1. The summed E-state index contributed by atoms with van der Waals surface area (Å²) in [5.74, 6) is 1.40. The lowest BCUT2D eigenvalue weighted by Crippen LogP contribution is -2.26. The van der Waals surface area contributed by atoms with E-state index in [0.717, 1.165) is 17.7 Å². The minimum absolute atomic E-state index is 0.0606. The number of methoxy groups -OCH3 is 1. The van der Waals surface area contributed by atoms with Crippen molar-refractivity contribution in [1.29, 1.82) is 0 Å². The van der Waals surface area contributed by atoms with Crippen molar-refractivity contribution in [1.82, 2.24) is 4.72 Å². The first kappa shape index (κ1) is 22.4. The van der Waals surface area contributed by atoms with Crippen LogP contribution in [0.25, 0.3) is 0 Å². The van der Waals surface area contributed by atoms with Crippen LogP contribution in [0.5, 0.6) is 17.2 Å². The van der Waals surface area contributed by atoms with Gasteiger partial charge < -0.3 is 14.2 Å². The van der Waals surface area contributed by atoms with Crippen molar-refractivity contribution in [2.24, 2.45) is 0 Å². The maximum absolute atomic E-state index is 12.6. The molecule has 9 nitrogen and oxygen atoms in total. The summed E-state index contributed by atoms with van der Waals surface area (Å²) in [6, 6.07) is 8.98. The lowest BCUT2D eigenvalue weighted by Gasteiger charge is -2.13. The van der Waals surface area contributed by atoms with Gasteiger partial charge in [-0.15, -0.1) is 0 Å². The smallest absolute Gasteiger partial charge is 0.293 e. The minimum Gasteiger partial charge on any atom is -0.497 e. The van der Waals surface area contributed by atoms with Crippen LogP contribution >= 0.6 is 0 Å². The fourth-order valence-electron chi connectivity index (χ4n) is 2.65. The molecular formula is C19H24N2O7S. The number of hydrogen-bond acceptors (Lipinski definition) is 7. The highest BCUT2D eigenvalue weighted by atomic mass is 32.2. The average Bonchev–Trinajstić information content (AvgIpc) is 2.69. The summed E-state index contributed by atoms with van der Waals surface area (Å²) in [6.45, 7) is 4.76. The lowest BCUT2D eigenvalue weighted by atomic mass is 10.1. The van der Waals surface area contributed by atoms with Crippen molar-refractivity contribution in [3.8, 4) is 17.2 Å². The van der Waals surface area contributed by atoms with Gasteiger partial charge in [0.05, 0.1) is 31.3 Å². The van der Waals surface area contributed by atoms with Gasteiger partial charge in [-0.25, -0.2) is 13.1 Å². The summed E-state index contributed by atoms with van der Waals surface area (Å²) in [7, 11) is -2.73. The van der Waals surface area contributed by atoms with Gasteiger partial charge in [0.25, 0.3) is 5.69 Å². The Balaban J connectivity index is 2.14. The first-order valence-corrected chi connectivity index (χ1v) is 10.5. The van der Waals surface area contributed by atoms with Gasteiger partial charge >= 0.3 is 0 Å². The summed E-state index contributed by atoms with van der Waals surface area (Å²) >= 11 is 0. The third kappa shape index (κ3) is 5.81. The normalized spacial score (nSPS) is 11.1. The molecule has 0 aliphatic heterocycles. The molecule has 0 spiro atoms. The number of hydrogen-bond donors (Lipinski definition) is 1. The number of sulfonamides is 1. The Morgan fingerprint density at radius 2 is 1.72 bits per heavy atom. The number of nitrogens with one attached hydrogen (secondary N) is 1. The van der Waals surface area contributed by atoms with Crippen LogP contribution < -0.4 is 18.9 Å². The number of nitro benzene ring substituents is 1. The van der Waals surface area contributed by atoms with E-state index < -0.39 is 25.5 Å². The molecule has 29 heavy (non-hydrogen) atoms. The van der Waals surface area contributed by atoms with E-state index in [1.165, 1.54) is 13.2 Å². The Morgan fingerprint density at radius 3 is 2.34 bits per heavy atom. The van der Waals surface area contributed by atoms with Crippen molar-refractivity contribution >= 4 is 15.7 Å². The quantitative estimate of drug-likeness (QED) is 0.435. The Labute approximate surface area is 169 Å². The second-order valence-electron chi connectivity index (χ2n) is 5.89. The van der Waals surface area contributed by atoms with E-state index in [1.54, 1.807) is 12.1 Å². The molecule has 0 heterocycles. The molecule has 10 heteroatoms. The highest BCUT2D eigenvalue weighted by Crippen LogP contribution is 2.29. The van der Waals surface area contributed by atoms with Crippen molar-refractivity contribution < 1.29 is 27.6 Å². The summed E-state index contributed by atoms with van der Waals surface area (Å²) < 4.78 is 43.5. The van der Waals surface area contributed by atoms with Gasteiger partial charge in [-0.2, -0.15) is 0 Å². The number of rotatable bonds is 11. The molecule has 0 atom stereocenters. The van der Waals surface area contributed by atoms with Crippen LogP contribution in [-0.4, -0.2) is 40.2 Å². The molecule has 2 rings (SSSR count). The van der Waals surface area contributed by atoms with E-state index in [2.05, 4.69) is 4.72 Å². The second-order valence-corrected chi connectivity index (χ2v) is 7.62. The molecule has 0 saturated heterocycles. The molecule has 1 N–H and O–H groups in total. The molecule has 0 radical (unpaired) electrons. The number of nitro groups is 1. The molecule has 0 fully saturated rings. The number of ether oxygens (including phenoxy) is 3. The average molecular weight is 424 g/mol. The molecule has 2 aromatic rings. The zero-order valence-electron chi connectivity index (χ0n) is 16.5. The summed E-state index contributed by atoms with van der Waals surface area (Å²) in [5.41, 5.74) is 0.292. The van der Waals surface area contributed by atoms with Crippen LogP contribution in [0.1, 0.15) is 19.4 Å². The van der Waals surface area contributed by atoms with Crippen molar-refractivity contribution in [3.63, 3.8) is 0 Å². The van der Waals surface area contributed by atoms with Gasteiger partial charge in [0.15, 0.2) is 16.4 Å². The maximum atomic E-state index is 12.6. The maximum Gasteiger partial charge on any atom is 0.293 e. The van der Waals surface area contributed by atoms with Crippen LogP contribution in [0.4, 0.5) is 5.69 Å². The van der Waals surface area contributed by atoms with Gasteiger partial charge in [0, 0.05) is 6.54 Å². The number of nitrogens with zero attached hydrogens (tertiary/aromatic N) is 1.